The van der Waals surface area contributed by atoms with Crippen molar-refractivity contribution in [1.82, 2.24) is 9.97 Å². The van der Waals surface area contributed by atoms with Crippen molar-refractivity contribution in [3.8, 4) is 0 Å². The highest BCUT2D eigenvalue weighted by Gasteiger charge is 2.75. The first-order valence-corrected chi connectivity index (χ1v) is 9.98. The molecule has 3 aliphatic carbocycles. The number of hydrogen-bond acceptors (Lipinski definition) is 6. The third-order valence-electron chi connectivity index (χ3n) is 6.68. The van der Waals surface area contributed by atoms with Gasteiger partial charge in [0.2, 0.25) is 0 Å². The quantitative estimate of drug-likeness (QED) is 0.593. The maximum absolute atomic E-state index is 13.3. The lowest BCUT2D eigenvalue weighted by Gasteiger charge is -2.67. The zero-order chi connectivity index (χ0) is 21.0. The molecule has 0 saturated heterocycles. The summed E-state index contributed by atoms with van der Waals surface area (Å²) in [5.74, 6) is 0.307. The standard InChI is InChI=1S/C23H27N3O3/c1-13-6-7-17(8-14(13)2)9-24-20-18(25-15(3)16(4)26-20)19(27)22-10-23(11-22,12-22)21(28)29-5/h6-8H,9-12H2,1-5H3,(H,24,26). The number of carbonyl (C=O) groups is 2. The zero-order valence-corrected chi connectivity index (χ0v) is 17.7. The van der Waals surface area contributed by atoms with Crippen LogP contribution in [0.25, 0.3) is 0 Å². The summed E-state index contributed by atoms with van der Waals surface area (Å²) in [5, 5.41) is 3.32. The van der Waals surface area contributed by atoms with E-state index in [-0.39, 0.29) is 11.8 Å². The fourth-order valence-electron chi connectivity index (χ4n) is 4.70. The third kappa shape index (κ3) is 3.02. The molecule has 5 rings (SSSR count). The van der Waals surface area contributed by atoms with E-state index in [1.54, 1.807) is 0 Å². The SMILES string of the molecule is COC(=O)C12CC(C(=O)c3nc(C)c(C)nc3NCc3ccc(C)c(C)c3)(C1)C2. The summed E-state index contributed by atoms with van der Waals surface area (Å²) in [5.41, 5.74) is 4.60. The molecule has 0 radical (unpaired) electrons. The molecule has 0 unspecified atom stereocenters. The summed E-state index contributed by atoms with van der Waals surface area (Å²) < 4.78 is 4.90. The van der Waals surface area contributed by atoms with E-state index in [0.717, 1.165) is 17.0 Å². The van der Waals surface area contributed by atoms with Gasteiger partial charge in [-0.15, -0.1) is 0 Å². The van der Waals surface area contributed by atoms with E-state index in [4.69, 9.17) is 4.74 Å². The van der Waals surface area contributed by atoms with E-state index in [1.165, 1.54) is 18.2 Å². The van der Waals surface area contributed by atoms with Crippen molar-refractivity contribution < 1.29 is 14.3 Å². The number of benzene rings is 1. The predicted octanol–water partition coefficient (Wildman–Crippen LogP) is 3.85. The Balaban J connectivity index is 1.56. The topological polar surface area (TPSA) is 81.2 Å². The van der Waals surface area contributed by atoms with Crippen molar-refractivity contribution in [1.29, 1.82) is 0 Å². The number of methoxy groups -OCH3 is 1. The highest BCUT2D eigenvalue weighted by molar-refractivity contribution is 6.06. The lowest BCUT2D eigenvalue weighted by Crippen LogP contribution is -2.68. The van der Waals surface area contributed by atoms with E-state index < -0.39 is 10.8 Å². The summed E-state index contributed by atoms with van der Waals surface area (Å²) in [6.45, 7) is 8.50. The second-order valence-corrected chi connectivity index (χ2v) is 8.78. The number of nitrogens with one attached hydrogen (secondary N) is 1. The van der Waals surface area contributed by atoms with Crippen LogP contribution in [0.1, 0.15) is 57.8 Å². The van der Waals surface area contributed by atoms with Crippen LogP contribution in [0.15, 0.2) is 18.2 Å². The van der Waals surface area contributed by atoms with E-state index in [9.17, 15) is 9.59 Å². The summed E-state index contributed by atoms with van der Waals surface area (Å²) >= 11 is 0. The molecule has 3 aliphatic rings. The Bertz CT molecular complexity index is 1010. The van der Waals surface area contributed by atoms with Crippen LogP contribution in [0, 0.1) is 38.5 Å². The van der Waals surface area contributed by atoms with Crippen LogP contribution in [-0.4, -0.2) is 28.8 Å². The molecule has 0 amide bonds. The zero-order valence-electron chi connectivity index (χ0n) is 17.7. The van der Waals surface area contributed by atoms with Crippen LogP contribution in [0.2, 0.25) is 0 Å². The fourth-order valence-corrected chi connectivity index (χ4v) is 4.70. The first kappa shape index (κ1) is 19.6. The molecule has 2 bridgehead atoms. The molecule has 6 heteroatoms. The molecule has 152 valence electrons. The molecular weight excluding hydrogens is 366 g/mol. The van der Waals surface area contributed by atoms with Gasteiger partial charge in [-0.3, -0.25) is 9.59 Å². The normalized spacial score (nSPS) is 24.3. The number of Topliss-reactive ketones (excluding diaryl/α,β-unsaturated/α-hetero) is 1. The molecule has 29 heavy (non-hydrogen) atoms. The van der Waals surface area contributed by atoms with Crippen LogP contribution >= 0.6 is 0 Å². The summed E-state index contributed by atoms with van der Waals surface area (Å²) in [6.07, 6.45) is 1.66. The van der Waals surface area contributed by atoms with Gasteiger partial charge in [-0.05, 0) is 63.6 Å². The summed E-state index contributed by atoms with van der Waals surface area (Å²) in [7, 11) is 1.40. The van der Waals surface area contributed by atoms with E-state index in [2.05, 4.69) is 47.3 Å². The molecule has 0 spiro atoms. The number of anilines is 1. The summed E-state index contributed by atoms with van der Waals surface area (Å²) in [4.78, 5) is 34.5. The number of ketones is 1. The van der Waals surface area contributed by atoms with Crippen LogP contribution < -0.4 is 5.32 Å². The number of hydrogen-bond donors (Lipinski definition) is 1. The number of rotatable bonds is 6. The average Bonchev–Trinajstić information content (AvgIpc) is 2.62. The molecule has 1 heterocycles. The second-order valence-electron chi connectivity index (χ2n) is 8.78. The van der Waals surface area contributed by atoms with Crippen molar-refractivity contribution in [2.45, 2.75) is 53.5 Å². The van der Waals surface area contributed by atoms with E-state index in [0.29, 0.717) is 37.3 Å². The lowest BCUT2D eigenvalue weighted by atomic mass is 9.34. The fraction of sp³-hybridized carbons (Fsp3) is 0.478. The third-order valence-corrected chi connectivity index (χ3v) is 6.68. The Hall–Kier alpha value is -2.76. The van der Waals surface area contributed by atoms with Crippen LogP contribution in [0.4, 0.5) is 5.82 Å². The number of aromatic nitrogens is 2. The molecule has 1 aromatic heterocycles. The number of ether oxygens (including phenoxy) is 1. The largest absolute Gasteiger partial charge is 0.469 e. The average molecular weight is 393 g/mol. The predicted molar refractivity (Wildman–Crippen MR) is 110 cm³/mol. The van der Waals surface area contributed by atoms with Crippen molar-refractivity contribution in [2.24, 2.45) is 10.8 Å². The highest BCUT2D eigenvalue weighted by Crippen LogP contribution is 2.74. The van der Waals surface area contributed by atoms with Crippen molar-refractivity contribution >= 4 is 17.6 Å². The highest BCUT2D eigenvalue weighted by atomic mass is 16.5. The van der Waals surface area contributed by atoms with Crippen LogP contribution in [0.5, 0.6) is 0 Å². The molecule has 3 fully saturated rings. The van der Waals surface area contributed by atoms with Gasteiger partial charge < -0.3 is 10.1 Å². The Morgan fingerprint density at radius 2 is 1.66 bits per heavy atom. The van der Waals surface area contributed by atoms with Gasteiger partial charge in [0.1, 0.15) is 5.69 Å². The molecule has 1 aromatic carbocycles. The number of carbonyl (C=O) groups excluding carboxylic acids is 2. The summed E-state index contributed by atoms with van der Waals surface area (Å²) in [6, 6.07) is 6.31. The van der Waals surface area contributed by atoms with Crippen LogP contribution in [0.3, 0.4) is 0 Å². The molecule has 0 atom stereocenters. The number of nitrogens with zero attached hydrogens (tertiary/aromatic N) is 2. The Morgan fingerprint density at radius 3 is 2.28 bits per heavy atom. The van der Waals surface area contributed by atoms with Gasteiger partial charge in [0.15, 0.2) is 11.6 Å². The molecular formula is C23H27N3O3. The minimum Gasteiger partial charge on any atom is -0.469 e. The minimum absolute atomic E-state index is 0.0125. The van der Waals surface area contributed by atoms with Gasteiger partial charge in [0, 0.05) is 12.0 Å². The van der Waals surface area contributed by atoms with E-state index in [1.807, 2.05) is 13.8 Å². The Kier molecular flexibility index (Phi) is 4.48. The molecule has 3 saturated carbocycles. The Morgan fingerprint density at radius 1 is 1.00 bits per heavy atom. The lowest BCUT2D eigenvalue weighted by molar-refractivity contribution is -0.207. The molecule has 2 aromatic rings. The molecule has 1 N–H and O–H groups in total. The number of esters is 1. The molecule has 6 nitrogen and oxygen atoms in total. The van der Waals surface area contributed by atoms with Gasteiger partial charge in [-0.1, -0.05) is 18.2 Å². The minimum atomic E-state index is -0.485. The van der Waals surface area contributed by atoms with Gasteiger partial charge >= 0.3 is 5.97 Å². The van der Waals surface area contributed by atoms with Crippen LogP contribution in [-0.2, 0) is 16.1 Å². The Labute approximate surface area is 171 Å². The second kappa shape index (κ2) is 6.65. The maximum atomic E-state index is 13.3. The van der Waals surface area contributed by atoms with Gasteiger partial charge in [0.05, 0.1) is 23.9 Å². The van der Waals surface area contributed by atoms with Crippen molar-refractivity contribution in [3.63, 3.8) is 0 Å². The first-order valence-electron chi connectivity index (χ1n) is 9.98. The van der Waals surface area contributed by atoms with E-state index >= 15 is 0 Å². The van der Waals surface area contributed by atoms with Gasteiger partial charge in [0.25, 0.3) is 0 Å². The first-order chi connectivity index (χ1) is 13.7. The van der Waals surface area contributed by atoms with Crippen molar-refractivity contribution in [2.75, 3.05) is 12.4 Å². The van der Waals surface area contributed by atoms with Gasteiger partial charge in [-0.25, -0.2) is 9.97 Å². The maximum Gasteiger partial charge on any atom is 0.311 e. The monoisotopic (exact) mass is 393 g/mol. The number of aryl methyl sites for hydroxylation is 4. The molecule has 0 aliphatic heterocycles. The smallest absolute Gasteiger partial charge is 0.311 e. The van der Waals surface area contributed by atoms with Gasteiger partial charge in [-0.2, -0.15) is 0 Å². The van der Waals surface area contributed by atoms with Crippen molar-refractivity contribution in [3.05, 3.63) is 52.0 Å².